The molecule has 0 radical (unpaired) electrons. The SMILES string of the molecule is NC(=O)[C@H](Cc1ccccc1)N[C@H]1CC[C@H](CNc2nc(NCc3ccccc3OC(F)(F)F)ncc2[N+](=O)[O-])CC1. The van der Waals surface area contributed by atoms with E-state index in [4.69, 9.17) is 5.73 Å². The number of aromatic nitrogens is 2. The van der Waals surface area contributed by atoms with Gasteiger partial charge in [0.2, 0.25) is 17.7 Å². The van der Waals surface area contributed by atoms with Crippen molar-refractivity contribution in [3.8, 4) is 5.75 Å². The molecule has 14 heteroatoms. The van der Waals surface area contributed by atoms with Gasteiger partial charge in [0.15, 0.2) is 0 Å². The highest BCUT2D eigenvalue weighted by atomic mass is 19.4. The maximum Gasteiger partial charge on any atom is 0.573 e. The Morgan fingerprint density at radius 2 is 1.76 bits per heavy atom. The average molecular weight is 588 g/mol. The number of carbonyl (C=O) groups excluding carboxylic acids is 1. The van der Waals surface area contributed by atoms with Crippen LogP contribution in [0.15, 0.2) is 60.8 Å². The van der Waals surface area contributed by atoms with Crippen LogP contribution in [0.3, 0.4) is 0 Å². The third-order valence-electron chi connectivity index (χ3n) is 7.07. The van der Waals surface area contributed by atoms with Crippen LogP contribution in [0.4, 0.5) is 30.6 Å². The zero-order chi connectivity index (χ0) is 30.1. The van der Waals surface area contributed by atoms with Gasteiger partial charge in [-0.15, -0.1) is 13.2 Å². The van der Waals surface area contributed by atoms with Crippen LogP contribution in [0.25, 0.3) is 0 Å². The number of nitrogens with zero attached hydrogens (tertiary/aromatic N) is 3. The van der Waals surface area contributed by atoms with Gasteiger partial charge in [-0.25, -0.2) is 4.98 Å². The molecule has 2 aromatic carbocycles. The van der Waals surface area contributed by atoms with Gasteiger partial charge < -0.3 is 26.4 Å². The molecule has 0 unspecified atom stereocenters. The van der Waals surface area contributed by atoms with E-state index in [1.165, 1.54) is 18.2 Å². The van der Waals surface area contributed by atoms with Gasteiger partial charge in [-0.2, -0.15) is 4.98 Å². The molecule has 4 rings (SSSR count). The van der Waals surface area contributed by atoms with Gasteiger partial charge in [0.25, 0.3) is 0 Å². The predicted octanol–water partition coefficient (Wildman–Crippen LogP) is 4.55. The van der Waals surface area contributed by atoms with Gasteiger partial charge in [-0.1, -0.05) is 48.5 Å². The van der Waals surface area contributed by atoms with Crippen LogP contribution >= 0.6 is 0 Å². The highest BCUT2D eigenvalue weighted by Gasteiger charge is 2.32. The molecule has 42 heavy (non-hydrogen) atoms. The molecule has 1 aliphatic rings. The summed E-state index contributed by atoms with van der Waals surface area (Å²) in [6.45, 7) is 0.326. The summed E-state index contributed by atoms with van der Waals surface area (Å²) in [5.41, 5.74) is 6.55. The summed E-state index contributed by atoms with van der Waals surface area (Å²) < 4.78 is 42.2. The lowest BCUT2D eigenvalue weighted by atomic mass is 9.85. The first kappa shape index (κ1) is 30.5. The zero-order valence-electron chi connectivity index (χ0n) is 22.6. The molecule has 0 saturated heterocycles. The number of nitro groups is 1. The Hall–Kier alpha value is -4.46. The number of carbonyl (C=O) groups is 1. The smallest absolute Gasteiger partial charge is 0.405 e. The summed E-state index contributed by atoms with van der Waals surface area (Å²) in [6, 6.07) is 14.9. The molecule has 1 atom stereocenters. The van der Waals surface area contributed by atoms with Crippen molar-refractivity contribution in [1.29, 1.82) is 0 Å². The number of alkyl halides is 3. The van der Waals surface area contributed by atoms with E-state index in [-0.39, 0.29) is 47.3 Å². The van der Waals surface area contributed by atoms with Crippen molar-refractivity contribution >= 4 is 23.4 Å². The first-order valence-electron chi connectivity index (χ1n) is 13.5. The Bertz CT molecular complexity index is 1350. The van der Waals surface area contributed by atoms with Gasteiger partial charge in [0.1, 0.15) is 11.9 Å². The molecule has 1 heterocycles. The van der Waals surface area contributed by atoms with Crippen LogP contribution in [-0.2, 0) is 17.8 Å². The topological polar surface area (TPSA) is 157 Å². The minimum Gasteiger partial charge on any atom is -0.405 e. The van der Waals surface area contributed by atoms with E-state index in [0.717, 1.165) is 37.4 Å². The molecule has 5 N–H and O–H groups in total. The summed E-state index contributed by atoms with van der Waals surface area (Å²) in [5.74, 6) is -0.547. The number of halogens is 3. The molecule has 1 fully saturated rings. The number of benzene rings is 2. The molecule has 224 valence electrons. The van der Waals surface area contributed by atoms with E-state index in [0.29, 0.717) is 13.0 Å². The Labute approximate surface area is 240 Å². The van der Waals surface area contributed by atoms with Gasteiger partial charge in [-0.05, 0) is 49.7 Å². The molecule has 3 aromatic rings. The fraction of sp³-hybridized carbons (Fsp3) is 0.393. The number of hydrogen-bond acceptors (Lipinski definition) is 9. The predicted molar refractivity (Wildman–Crippen MR) is 150 cm³/mol. The van der Waals surface area contributed by atoms with Crippen LogP contribution in [0.2, 0.25) is 0 Å². The van der Waals surface area contributed by atoms with Crippen molar-refractivity contribution in [2.24, 2.45) is 11.7 Å². The van der Waals surface area contributed by atoms with Crippen LogP contribution in [0.1, 0.15) is 36.8 Å². The lowest BCUT2D eigenvalue weighted by molar-refractivity contribution is -0.384. The van der Waals surface area contributed by atoms with Crippen molar-refractivity contribution in [1.82, 2.24) is 15.3 Å². The minimum absolute atomic E-state index is 0.00808. The third-order valence-corrected chi connectivity index (χ3v) is 7.07. The molecule has 0 aliphatic heterocycles. The van der Waals surface area contributed by atoms with Crippen LogP contribution in [-0.4, -0.2) is 45.8 Å². The van der Waals surface area contributed by atoms with Crippen molar-refractivity contribution in [3.63, 3.8) is 0 Å². The van der Waals surface area contributed by atoms with Gasteiger partial charge in [0, 0.05) is 24.7 Å². The van der Waals surface area contributed by atoms with Crippen LogP contribution in [0.5, 0.6) is 5.75 Å². The first-order valence-corrected chi connectivity index (χ1v) is 13.5. The molecule has 0 bridgehead atoms. The normalized spacial score (nSPS) is 17.7. The summed E-state index contributed by atoms with van der Waals surface area (Å²) >= 11 is 0. The molecular weight excluding hydrogens is 555 g/mol. The second-order valence-corrected chi connectivity index (χ2v) is 10.1. The Morgan fingerprint density at radius 3 is 2.43 bits per heavy atom. The van der Waals surface area contributed by atoms with Crippen molar-refractivity contribution in [2.45, 2.75) is 57.1 Å². The summed E-state index contributed by atoms with van der Waals surface area (Å²) in [7, 11) is 0. The number of nitrogens with two attached hydrogens (primary N) is 1. The zero-order valence-corrected chi connectivity index (χ0v) is 22.6. The molecule has 1 aliphatic carbocycles. The van der Waals surface area contributed by atoms with Crippen molar-refractivity contribution in [2.75, 3.05) is 17.2 Å². The number of primary amides is 1. The van der Waals surface area contributed by atoms with E-state index < -0.39 is 23.2 Å². The number of anilines is 2. The van der Waals surface area contributed by atoms with E-state index in [1.54, 1.807) is 6.07 Å². The quantitative estimate of drug-likeness (QED) is 0.166. The highest BCUT2D eigenvalue weighted by molar-refractivity contribution is 5.80. The number of amides is 1. The minimum atomic E-state index is -4.85. The fourth-order valence-electron chi connectivity index (χ4n) is 4.92. The van der Waals surface area contributed by atoms with E-state index >= 15 is 0 Å². The summed E-state index contributed by atoms with van der Waals surface area (Å²) in [5, 5.41) is 20.8. The average Bonchev–Trinajstić information content (AvgIpc) is 2.95. The van der Waals surface area contributed by atoms with E-state index in [1.807, 2.05) is 30.3 Å². The number of rotatable bonds is 13. The van der Waals surface area contributed by atoms with Crippen molar-refractivity contribution in [3.05, 3.63) is 82.0 Å². The third kappa shape index (κ3) is 9.03. The lowest BCUT2D eigenvalue weighted by Crippen LogP contribution is -2.49. The van der Waals surface area contributed by atoms with Gasteiger partial charge in [0.05, 0.1) is 11.0 Å². The Kier molecular flexibility index (Phi) is 10.1. The Balaban J connectivity index is 1.32. The molecule has 1 saturated carbocycles. The fourth-order valence-corrected chi connectivity index (χ4v) is 4.92. The molecule has 11 nitrogen and oxygen atoms in total. The monoisotopic (exact) mass is 587 g/mol. The highest BCUT2D eigenvalue weighted by Crippen LogP contribution is 2.29. The summed E-state index contributed by atoms with van der Waals surface area (Å²) in [6.07, 6.45) is -0.0352. The number of hydrogen-bond donors (Lipinski definition) is 4. The Morgan fingerprint density at radius 1 is 1.07 bits per heavy atom. The second-order valence-electron chi connectivity index (χ2n) is 10.1. The van der Waals surface area contributed by atoms with E-state index in [9.17, 15) is 28.1 Å². The maximum absolute atomic E-state index is 12.7. The van der Waals surface area contributed by atoms with E-state index in [2.05, 4.69) is 30.7 Å². The molecule has 1 aromatic heterocycles. The lowest BCUT2D eigenvalue weighted by Gasteiger charge is -2.31. The first-order chi connectivity index (χ1) is 20.1. The van der Waals surface area contributed by atoms with Gasteiger partial charge in [-0.3, -0.25) is 14.9 Å². The number of nitrogens with one attached hydrogen (secondary N) is 3. The second kappa shape index (κ2) is 13.9. The standard InChI is InChI=1S/C28H32F3N7O4/c29-28(30,31)42-24-9-5-4-8-20(24)16-34-27-35-17-23(38(40)41)26(37-27)33-15-19-10-12-21(13-11-19)36-22(25(32)39)14-18-6-2-1-3-7-18/h1-9,17,19,21-22,36H,10-16H2,(H2,32,39)(H2,33,34,35,37)/t19-,21-,22-/m0/s1. The van der Waals surface area contributed by atoms with Gasteiger partial charge >= 0.3 is 12.0 Å². The van der Waals surface area contributed by atoms with Crippen molar-refractivity contribution < 1.29 is 27.6 Å². The number of para-hydroxylation sites is 1. The number of ether oxygens (including phenoxy) is 1. The molecule has 0 spiro atoms. The van der Waals surface area contributed by atoms with Crippen LogP contribution < -0.4 is 26.4 Å². The molecular formula is C28H32F3N7O4. The maximum atomic E-state index is 12.7. The van der Waals surface area contributed by atoms with Crippen LogP contribution in [0, 0.1) is 16.0 Å². The largest absolute Gasteiger partial charge is 0.573 e. The summed E-state index contributed by atoms with van der Waals surface area (Å²) in [4.78, 5) is 31.2. The molecule has 1 amide bonds.